The smallest absolute Gasteiger partial charge is 0.422 e. The van der Waals surface area contributed by atoms with Crippen molar-refractivity contribution in [2.45, 2.75) is 43.4 Å². The van der Waals surface area contributed by atoms with Crippen LogP contribution in [0.1, 0.15) is 41.6 Å². The van der Waals surface area contributed by atoms with E-state index in [1.54, 1.807) is 24.3 Å². The highest BCUT2D eigenvalue weighted by Crippen LogP contribution is 2.48. The summed E-state index contributed by atoms with van der Waals surface area (Å²) in [7, 11) is 1.28. The summed E-state index contributed by atoms with van der Waals surface area (Å²) in [6.07, 6.45) is -1.44. The molecule has 2 atom stereocenters. The molecule has 2 unspecified atom stereocenters. The van der Waals surface area contributed by atoms with E-state index in [-0.39, 0.29) is 17.8 Å². The van der Waals surface area contributed by atoms with Crippen LogP contribution in [0.15, 0.2) is 48.5 Å². The van der Waals surface area contributed by atoms with Gasteiger partial charge in [-0.25, -0.2) is 4.79 Å². The molecule has 5 rings (SSSR count). The molecule has 2 fully saturated rings. The Bertz CT molecular complexity index is 1470. The van der Waals surface area contributed by atoms with Gasteiger partial charge < -0.3 is 30.7 Å². The number of piperidine rings is 1. The van der Waals surface area contributed by atoms with Crippen LogP contribution in [0.3, 0.4) is 0 Å². The van der Waals surface area contributed by atoms with Crippen LogP contribution in [0, 0.1) is 5.92 Å². The number of hydrogen-bond donors (Lipinski definition) is 4. The van der Waals surface area contributed by atoms with Gasteiger partial charge in [0.25, 0.3) is 5.91 Å². The van der Waals surface area contributed by atoms with Gasteiger partial charge in [0.05, 0.1) is 12.6 Å². The zero-order valence-corrected chi connectivity index (χ0v) is 24.5. The number of halogens is 4. The molecule has 3 aromatic rings. The van der Waals surface area contributed by atoms with Crippen molar-refractivity contribution >= 4 is 41.1 Å². The maximum absolute atomic E-state index is 13.0. The Kier molecular flexibility index (Phi) is 9.39. The lowest BCUT2D eigenvalue weighted by atomic mass is 9.91. The van der Waals surface area contributed by atoms with Crippen molar-refractivity contribution in [3.8, 4) is 6.01 Å². The minimum atomic E-state index is -4.59. The van der Waals surface area contributed by atoms with E-state index in [0.29, 0.717) is 22.8 Å². The SMILES string of the molecule is COC(=O)C(NC(=O)c1ccc(Nc2nc(NC3(c4ccc(Cl)cc4)CC3)nc(OCC(F)(F)F)n2)cc1)C1CCCNC1. The van der Waals surface area contributed by atoms with E-state index in [0.717, 1.165) is 37.8 Å². The minimum absolute atomic E-state index is 0.0224. The molecule has 2 heterocycles. The molecule has 1 aliphatic heterocycles. The fraction of sp³-hybridized carbons (Fsp3) is 0.414. The Hall–Kier alpha value is -4.17. The Balaban J connectivity index is 1.31. The van der Waals surface area contributed by atoms with E-state index in [1.807, 2.05) is 12.1 Å². The summed E-state index contributed by atoms with van der Waals surface area (Å²) in [6.45, 7) is -0.141. The van der Waals surface area contributed by atoms with Crippen LogP contribution >= 0.6 is 11.6 Å². The van der Waals surface area contributed by atoms with Crippen LogP contribution < -0.4 is 26.0 Å². The number of ether oxygens (including phenoxy) is 2. The zero-order valence-electron chi connectivity index (χ0n) is 23.7. The standard InChI is InChI=1S/C29H31ClF3N7O4/c1-43-24(42)22(18-3-2-14-34-15-18)36-23(41)17-4-10-21(11-5-17)35-25-37-26(39-27(38-25)44-16-29(31,32)33)40-28(12-13-28)19-6-8-20(30)9-7-19/h4-11,18,22,34H,2-3,12-16H2,1H3,(H,36,41)(H2,35,37,38,39,40). The first-order valence-corrected chi connectivity index (χ1v) is 14.4. The third-order valence-corrected chi connectivity index (χ3v) is 7.68. The number of alkyl halides is 3. The third kappa shape index (κ3) is 8.05. The Morgan fingerprint density at radius 3 is 2.39 bits per heavy atom. The predicted octanol–water partition coefficient (Wildman–Crippen LogP) is 4.58. The van der Waals surface area contributed by atoms with E-state index in [2.05, 4.69) is 36.2 Å². The number of anilines is 3. The summed E-state index contributed by atoms with van der Waals surface area (Å²) in [5, 5.41) is 12.7. The van der Waals surface area contributed by atoms with Gasteiger partial charge >= 0.3 is 18.2 Å². The summed E-state index contributed by atoms with van der Waals surface area (Å²) in [5.74, 6) is -1.12. The number of nitrogens with zero attached hydrogens (tertiary/aromatic N) is 3. The first-order chi connectivity index (χ1) is 21.0. The number of nitrogens with one attached hydrogen (secondary N) is 4. The molecule has 0 radical (unpaired) electrons. The lowest BCUT2D eigenvalue weighted by Gasteiger charge is -2.29. The summed E-state index contributed by atoms with van der Waals surface area (Å²) in [4.78, 5) is 37.8. The number of methoxy groups -OCH3 is 1. The molecular formula is C29H31ClF3N7O4. The van der Waals surface area contributed by atoms with Gasteiger partial charge in [-0.05, 0) is 74.2 Å². The molecular weight excluding hydrogens is 603 g/mol. The number of hydrogen-bond acceptors (Lipinski definition) is 10. The van der Waals surface area contributed by atoms with Gasteiger partial charge in [-0.3, -0.25) is 4.79 Å². The summed E-state index contributed by atoms with van der Waals surface area (Å²) in [6, 6.07) is 12.1. The van der Waals surface area contributed by atoms with Crippen molar-refractivity contribution < 1.29 is 32.2 Å². The number of carbonyl (C=O) groups is 2. The second-order valence-corrected chi connectivity index (χ2v) is 11.1. The highest BCUT2D eigenvalue weighted by molar-refractivity contribution is 6.30. The van der Waals surface area contributed by atoms with Gasteiger partial charge in [0, 0.05) is 28.7 Å². The molecule has 1 saturated heterocycles. The summed E-state index contributed by atoms with van der Waals surface area (Å²) < 4.78 is 48.4. The summed E-state index contributed by atoms with van der Waals surface area (Å²) in [5.41, 5.74) is 1.16. The molecule has 15 heteroatoms. The maximum atomic E-state index is 13.0. The number of aromatic nitrogens is 3. The zero-order chi connectivity index (χ0) is 31.3. The van der Waals surface area contributed by atoms with E-state index >= 15 is 0 Å². The summed E-state index contributed by atoms with van der Waals surface area (Å²) >= 11 is 6.02. The average Bonchev–Trinajstić information content (AvgIpc) is 3.79. The van der Waals surface area contributed by atoms with Crippen molar-refractivity contribution in [2.24, 2.45) is 5.92 Å². The fourth-order valence-electron chi connectivity index (χ4n) is 4.99. The quantitative estimate of drug-likeness (QED) is 0.222. The molecule has 44 heavy (non-hydrogen) atoms. The molecule has 2 aliphatic rings. The Morgan fingerprint density at radius 2 is 1.77 bits per heavy atom. The average molecular weight is 634 g/mol. The van der Waals surface area contributed by atoms with Gasteiger partial charge in [0.1, 0.15) is 6.04 Å². The molecule has 4 N–H and O–H groups in total. The molecule has 234 valence electrons. The number of rotatable bonds is 11. The monoisotopic (exact) mass is 633 g/mol. The highest BCUT2D eigenvalue weighted by atomic mass is 35.5. The lowest BCUT2D eigenvalue weighted by molar-refractivity contribution is -0.154. The van der Waals surface area contributed by atoms with Crippen LogP contribution in [0.5, 0.6) is 6.01 Å². The normalized spacial score (nSPS) is 18.1. The topological polar surface area (TPSA) is 139 Å². The van der Waals surface area contributed by atoms with Crippen LogP contribution in [-0.2, 0) is 15.1 Å². The molecule has 11 nitrogen and oxygen atoms in total. The molecule has 2 aromatic carbocycles. The molecule has 1 aromatic heterocycles. The van der Waals surface area contributed by atoms with Crippen LogP contribution in [0.25, 0.3) is 0 Å². The van der Waals surface area contributed by atoms with Gasteiger partial charge in [0.15, 0.2) is 6.61 Å². The number of esters is 1. The van der Waals surface area contributed by atoms with Crippen molar-refractivity contribution in [1.29, 1.82) is 0 Å². The molecule has 1 amide bonds. The van der Waals surface area contributed by atoms with Gasteiger partial charge in [-0.1, -0.05) is 23.7 Å². The van der Waals surface area contributed by atoms with Crippen molar-refractivity contribution in [3.05, 3.63) is 64.7 Å². The van der Waals surface area contributed by atoms with E-state index in [4.69, 9.17) is 21.1 Å². The Morgan fingerprint density at radius 1 is 1.07 bits per heavy atom. The van der Waals surface area contributed by atoms with Crippen molar-refractivity contribution in [2.75, 3.05) is 37.4 Å². The largest absolute Gasteiger partial charge is 0.467 e. The number of carbonyl (C=O) groups excluding carboxylic acids is 2. The maximum Gasteiger partial charge on any atom is 0.422 e. The van der Waals surface area contributed by atoms with E-state index < -0.39 is 42.3 Å². The minimum Gasteiger partial charge on any atom is -0.467 e. The highest BCUT2D eigenvalue weighted by Gasteiger charge is 2.45. The van der Waals surface area contributed by atoms with Crippen LogP contribution in [-0.4, -0.2) is 65.9 Å². The van der Waals surface area contributed by atoms with Crippen molar-refractivity contribution in [1.82, 2.24) is 25.6 Å². The van der Waals surface area contributed by atoms with Crippen molar-refractivity contribution in [3.63, 3.8) is 0 Å². The fourth-order valence-corrected chi connectivity index (χ4v) is 5.12. The predicted molar refractivity (Wildman–Crippen MR) is 156 cm³/mol. The number of benzene rings is 2. The van der Waals surface area contributed by atoms with Crippen LogP contribution in [0.2, 0.25) is 5.02 Å². The van der Waals surface area contributed by atoms with Gasteiger partial charge in [0.2, 0.25) is 11.9 Å². The molecule has 0 spiro atoms. The van der Waals surface area contributed by atoms with Crippen LogP contribution in [0.4, 0.5) is 30.8 Å². The van der Waals surface area contributed by atoms with Gasteiger partial charge in [-0.15, -0.1) is 0 Å². The third-order valence-electron chi connectivity index (χ3n) is 7.43. The van der Waals surface area contributed by atoms with E-state index in [1.165, 1.54) is 19.2 Å². The molecule has 1 saturated carbocycles. The first kappa shape index (κ1) is 31.3. The lowest BCUT2D eigenvalue weighted by Crippen LogP contribution is -2.51. The second kappa shape index (κ2) is 13.2. The molecule has 1 aliphatic carbocycles. The molecule has 0 bridgehead atoms. The second-order valence-electron chi connectivity index (χ2n) is 10.7. The Labute approximate surface area is 256 Å². The van der Waals surface area contributed by atoms with E-state index in [9.17, 15) is 22.8 Å². The first-order valence-electron chi connectivity index (χ1n) is 14.0. The number of amides is 1. The van der Waals surface area contributed by atoms with Gasteiger partial charge in [-0.2, -0.15) is 28.1 Å².